The lowest BCUT2D eigenvalue weighted by atomic mass is 9.90. The molecule has 0 bridgehead atoms. The monoisotopic (exact) mass is 734 g/mol. The molecule has 6 rings (SSSR count). The Morgan fingerprint density at radius 2 is 1.46 bits per heavy atom. The zero-order valence-corrected chi connectivity index (χ0v) is 29.7. The van der Waals surface area contributed by atoms with Gasteiger partial charge in [0.2, 0.25) is 11.8 Å². The van der Waals surface area contributed by atoms with Gasteiger partial charge in [-0.1, -0.05) is 30.3 Å². The van der Waals surface area contributed by atoms with Crippen LogP contribution in [0.15, 0.2) is 100 Å². The van der Waals surface area contributed by atoms with Crippen molar-refractivity contribution in [2.75, 3.05) is 72.2 Å². The molecule has 1 fully saturated rings. The van der Waals surface area contributed by atoms with Crippen LogP contribution in [0.4, 0.5) is 0 Å². The Hall–Kier alpha value is -6.02. The average molecular weight is 735 g/mol. The number of phenols is 2. The van der Waals surface area contributed by atoms with E-state index in [0.29, 0.717) is 99.1 Å². The molecule has 1 aliphatic carbocycles. The van der Waals surface area contributed by atoms with Crippen LogP contribution in [0.3, 0.4) is 0 Å². The number of hydrogen-bond acceptors (Lipinski definition) is 10. The molecule has 0 atom stereocenters. The number of ether oxygens (including phenoxy) is 2. The Bertz CT molecular complexity index is 2140. The van der Waals surface area contributed by atoms with Gasteiger partial charge in [-0.05, 0) is 59.7 Å². The number of rotatable bonds is 15. The highest BCUT2D eigenvalue weighted by Gasteiger charge is 2.27. The number of piperazine rings is 1. The lowest BCUT2D eigenvalue weighted by Gasteiger charge is -2.34. The minimum absolute atomic E-state index is 0.0234. The van der Waals surface area contributed by atoms with Gasteiger partial charge in [0, 0.05) is 79.6 Å². The first-order valence-corrected chi connectivity index (χ1v) is 17.7. The lowest BCUT2D eigenvalue weighted by molar-refractivity contribution is -0.123. The number of carbonyl (C=O) groups is 3. The summed E-state index contributed by atoms with van der Waals surface area (Å²) in [5.74, 6) is 0.0347. The Balaban J connectivity index is 0.901. The molecule has 13 nitrogen and oxygen atoms in total. The third kappa shape index (κ3) is 9.89. The number of nitrogens with one attached hydrogen (secondary N) is 2. The molecule has 0 unspecified atom stereocenters. The second-order valence-corrected chi connectivity index (χ2v) is 12.7. The van der Waals surface area contributed by atoms with Crippen molar-refractivity contribution in [3.8, 4) is 33.9 Å². The van der Waals surface area contributed by atoms with Gasteiger partial charge in [-0.3, -0.25) is 24.1 Å². The van der Waals surface area contributed by atoms with Crippen LogP contribution in [-0.2, 0) is 19.1 Å². The van der Waals surface area contributed by atoms with E-state index in [1.165, 1.54) is 24.3 Å². The summed E-state index contributed by atoms with van der Waals surface area (Å²) in [7, 11) is 0. The summed E-state index contributed by atoms with van der Waals surface area (Å²) >= 11 is 0. The fraction of sp³-hybridized carbons (Fsp3) is 0.268. The van der Waals surface area contributed by atoms with Gasteiger partial charge in [0.15, 0.2) is 5.43 Å². The van der Waals surface area contributed by atoms with E-state index in [4.69, 9.17) is 13.9 Å². The van der Waals surface area contributed by atoms with Gasteiger partial charge in [0.25, 0.3) is 5.91 Å². The molecule has 3 amide bonds. The van der Waals surface area contributed by atoms with Crippen molar-refractivity contribution >= 4 is 34.8 Å². The minimum atomic E-state index is -0.246. The van der Waals surface area contributed by atoms with E-state index in [1.807, 2.05) is 23.1 Å². The molecule has 13 heteroatoms. The topological polar surface area (TPSA) is 171 Å². The van der Waals surface area contributed by atoms with Crippen LogP contribution in [0, 0.1) is 0 Å². The number of carbonyl (C=O) groups excluding carboxylic acids is 3. The Kier molecular flexibility index (Phi) is 12.7. The molecule has 2 aliphatic heterocycles. The molecule has 0 radical (unpaired) electrons. The van der Waals surface area contributed by atoms with Gasteiger partial charge in [0.1, 0.15) is 22.8 Å². The summed E-state index contributed by atoms with van der Waals surface area (Å²) in [5, 5.41) is 25.7. The van der Waals surface area contributed by atoms with Crippen LogP contribution >= 0.6 is 0 Å². The predicted octanol–water partition coefficient (Wildman–Crippen LogP) is 3.71. The highest BCUT2D eigenvalue weighted by molar-refractivity contribution is 6.09. The average Bonchev–Trinajstić information content (AvgIpc) is 3.17. The summed E-state index contributed by atoms with van der Waals surface area (Å²) in [6.07, 6.45) is 3.07. The molecular formula is C41H42N4O9. The van der Waals surface area contributed by atoms with Crippen molar-refractivity contribution in [1.29, 1.82) is 0 Å². The molecule has 2 heterocycles. The van der Waals surface area contributed by atoms with Crippen LogP contribution in [0.2, 0.25) is 0 Å². The third-order valence-electron chi connectivity index (χ3n) is 8.94. The Labute approximate surface area is 311 Å². The van der Waals surface area contributed by atoms with Crippen molar-refractivity contribution in [3.05, 3.63) is 112 Å². The molecule has 54 heavy (non-hydrogen) atoms. The number of nitrogens with zero attached hydrogens (tertiary/aromatic N) is 2. The van der Waals surface area contributed by atoms with Crippen molar-refractivity contribution < 1.29 is 38.5 Å². The zero-order valence-electron chi connectivity index (χ0n) is 29.7. The number of aromatic hydroxyl groups is 2. The number of benzene rings is 4. The summed E-state index contributed by atoms with van der Waals surface area (Å²) < 4.78 is 17.0. The van der Waals surface area contributed by atoms with Gasteiger partial charge in [-0.2, -0.15) is 0 Å². The van der Waals surface area contributed by atoms with Crippen LogP contribution in [0.5, 0.6) is 11.5 Å². The maximum atomic E-state index is 14.0. The van der Waals surface area contributed by atoms with Gasteiger partial charge in [-0.25, -0.2) is 0 Å². The summed E-state index contributed by atoms with van der Waals surface area (Å²) in [5.41, 5.74) is 3.59. The van der Waals surface area contributed by atoms with E-state index in [0.717, 1.165) is 11.1 Å². The molecule has 0 saturated carbocycles. The summed E-state index contributed by atoms with van der Waals surface area (Å²) in [4.78, 5) is 54.5. The van der Waals surface area contributed by atoms with Crippen molar-refractivity contribution in [2.45, 2.75) is 0 Å². The van der Waals surface area contributed by atoms with Crippen molar-refractivity contribution in [1.82, 2.24) is 20.4 Å². The fourth-order valence-electron chi connectivity index (χ4n) is 6.22. The van der Waals surface area contributed by atoms with Gasteiger partial charge in [-0.15, -0.1) is 0 Å². The first kappa shape index (κ1) is 37.7. The van der Waals surface area contributed by atoms with Gasteiger partial charge < -0.3 is 39.6 Å². The molecular weight excluding hydrogens is 692 g/mol. The Morgan fingerprint density at radius 1 is 0.759 bits per heavy atom. The van der Waals surface area contributed by atoms with Gasteiger partial charge >= 0.3 is 0 Å². The predicted molar refractivity (Wildman–Crippen MR) is 203 cm³/mol. The fourth-order valence-corrected chi connectivity index (χ4v) is 6.22. The molecule has 0 aromatic heterocycles. The minimum Gasteiger partial charge on any atom is -0.508 e. The second-order valence-electron chi connectivity index (χ2n) is 12.7. The first-order valence-electron chi connectivity index (χ1n) is 17.7. The maximum absolute atomic E-state index is 14.0. The van der Waals surface area contributed by atoms with Crippen LogP contribution in [0.1, 0.15) is 15.9 Å². The smallest absolute Gasteiger partial charge is 0.254 e. The van der Waals surface area contributed by atoms with E-state index in [1.54, 1.807) is 59.5 Å². The van der Waals surface area contributed by atoms with E-state index in [2.05, 4.69) is 10.6 Å². The first-order chi connectivity index (χ1) is 26.2. The van der Waals surface area contributed by atoms with E-state index in [-0.39, 0.29) is 41.2 Å². The normalized spacial score (nSPS) is 13.4. The standard InChI is InChI=1S/C41H42N4O9/c46-29-8-5-28(6-9-29)7-14-38(49)42-15-21-52-23-24-53-22-16-43-39(50)27-44-17-19-45(20-18-44)41(51)33-4-2-1-3-32(33)40-34-12-10-30(47)25-36(34)54-37-26-31(48)11-13-35(37)40/h1-14,25-26,46-47H,15-24,27H2,(H,42,49)(H,43,50)/b14-7+. The molecule has 3 aromatic rings. The SMILES string of the molecule is O=C(/C=C/c1ccc(O)cc1)NCCOCCOCCNC(=O)CN1CCN(C(=O)c2ccccc2-c2c3ccc(=O)cc-3oc3cc(O)ccc23)CC1. The number of amides is 3. The highest BCUT2D eigenvalue weighted by Crippen LogP contribution is 2.42. The molecule has 3 aliphatic rings. The molecule has 280 valence electrons. The highest BCUT2D eigenvalue weighted by atomic mass is 16.5. The molecule has 1 saturated heterocycles. The second kappa shape index (κ2) is 18.1. The van der Waals surface area contributed by atoms with E-state index in [9.17, 15) is 29.4 Å². The lowest BCUT2D eigenvalue weighted by Crippen LogP contribution is -2.51. The van der Waals surface area contributed by atoms with E-state index >= 15 is 0 Å². The number of fused-ring (bicyclic) bond motifs is 2. The maximum Gasteiger partial charge on any atom is 0.254 e. The van der Waals surface area contributed by atoms with Crippen LogP contribution < -0.4 is 16.1 Å². The third-order valence-corrected chi connectivity index (χ3v) is 8.94. The quantitative estimate of drug-likeness (QED) is 0.0707. The number of hydrogen-bond donors (Lipinski definition) is 4. The van der Waals surface area contributed by atoms with Crippen LogP contribution in [-0.4, -0.2) is 110 Å². The summed E-state index contributed by atoms with van der Waals surface area (Å²) in [6.45, 7) is 4.22. The number of phenolic OH excluding ortho intramolecular Hbond substituents is 2. The largest absolute Gasteiger partial charge is 0.508 e. The molecule has 4 N–H and O–H groups in total. The molecule has 0 spiro atoms. The van der Waals surface area contributed by atoms with Crippen molar-refractivity contribution in [3.63, 3.8) is 0 Å². The van der Waals surface area contributed by atoms with Crippen LogP contribution in [0.25, 0.3) is 39.5 Å². The molecule has 3 aromatic carbocycles. The zero-order chi connectivity index (χ0) is 37.9. The van der Waals surface area contributed by atoms with Gasteiger partial charge in [0.05, 0.1) is 33.0 Å². The van der Waals surface area contributed by atoms with Crippen molar-refractivity contribution in [2.24, 2.45) is 0 Å². The van der Waals surface area contributed by atoms with E-state index < -0.39 is 0 Å². The summed E-state index contributed by atoms with van der Waals surface area (Å²) in [6, 6.07) is 23.2. The Morgan fingerprint density at radius 3 is 2.22 bits per heavy atom.